The second-order valence-corrected chi connectivity index (χ2v) is 6.44. The summed E-state index contributed by atoms with van der Waals surface area (Å²) < 4.78 is 5.20. The van der Waals surface area contributed by atoms with E-state index in [4.69, 9.17) is 9.72 Å². The van der Waals surface area contributed by atoms with Crippen molar-refractivity contribution in [2.45, 2.75) is 19.4 Å². The maximum absolute atomic E-state index is 12.6. The molecule has 2 aliphatic rings. The smallest absolute Gasteiger partial charge is 0.227 e. The van der Waals surface area contributed by atoms with E-state index in [0.717, 1.165) is 61.0 Å². The first-order chi connectivity index (χ1) is 11.7. The lowest BCUT2D eigenvalue weighted by molar-refractivity contribution is -0.135. The molecule has 2 N–H and O–H groups in total. The summed E-state index contributed by atoms with van der Waals surface area (Å²) in [6.07, 6.45) is 1.76. The van der Waals surface area contributed by atoms with E-state index < -0.39 is 0 Å². The van der Waals surface area contributed by atoms with Crippen LogP contribution in [0.4, 0.5) is 0 Å². The normalized spacial score (nSPS) is 20.0. The van der Waals surface area contributed by atoms with Gasteiger partial charge < -0.3 is 19.9 Å². The number of amides is 1. The van der Waals surface area contributed by atoms with E-state index in [0.29, 0.717) is 6.54 Å². The number of benzene rings is 1. The van der Waals surface area contributed by atoms with Crippen LogP contribution in [0.15, 0.2) is 24.3 Å². The van der Waals surface area contributed by atoms with Gasteiger partial charge in [-0.25, -0.2) is 4.98 Å². The quantitative estimate of drug-likeness (QED) is 0.898. The number of aromatic nitrogens is 2. The highest BCUT2D eigenvalue weighted by atomic mass is 16.5. The number of hydrogen-bond acceptors (Lipinski definition) is 4. The molecular weight excluding hydrogens is 304 g/mol. The molecule has 3 heterocycles. The molecule has 0 unspecified atom stereocenters. The molecule has 0 aliphatic carbocycles. The van der Waals surface area contributed by atoms with Crippen molar-refractivity contribution in [2.75, 3.05) is 26.7 Å². The number of aromatic amines is 1. The molecule has 0 saturated carbocycles. The summed E-state index contributed by atoms with van der Waals surface area (Å²) in [4.78, 5) is 22.7. The number of hydrogen-bond donors (Lipinski definition) is 2. The lowest BCUT2D eigenvalue weighted by Crippen LogP contribution is -2.40. The molecule has 6 heteroatoms. The summed E-state index contributed by atoms with van der Waals surface area (Å²) in [7, 11) is 1.66. The van der Waals surface area contributed by atoms with E-state index in [1.165, 1.54) is 0 Å². The van der Waals surface area contributed by atoms with Gasteiger partial charge in [-0.15, -0.1) is 0 Å². The third-order valence-corrected chi connectivity index (χ3v) is 4.92. The summed E-state index contributed by atoms with van der Waals surface area (Å²) in [5.41, 5.74) is 3.17. The Balaban J connectivity index is 1.51. The zero-order chi connectivity index (χ0) is 16.5. The molecule has 24 heavy (non-hydrogen) atoms. The number of fused-ring (bicyclic) bond motifs is 1. The molecule has 0 spiro atoms. The topological polar surface area (TPSA) is 70.2 Å². The second-order valence-electron chi connectivity index (χ2n) is 6.44. The molecule has 4 rings (SSSR count). The number of rotatable bonds is 3. The summed E-state index contributed by atoms with van der Waals surface area (Å²) in [5.74, 6) is 2.10. The number of nitrogens with one attached hydrogen (secondary N) is 2. The Kier molecular flexibility index (Phi) is 3.98. The maximum Gasteiger partial charge on any atom is 0.227 e. The first kappa shape index (κ1) is 15.2. The standard InChI is InChI=1S/C18H22N4O2/c1-24-14-4-2-12(3-5-14)17-20-15-7-9-22(11-16(15)21-17)18(23)13-6-8-19-10-13/h2-5,13,19H,6-11H2,1H3,(H,20,21)/t13-/m0/s1. The summed E-state index contributed by atoms with van der Waals surface area (Å²) in [6.45, 7) is 3.15. The first-order valence-corrected chi connectivity index (χ1v) is 8.46. The van der Waals surface area contributed by atoms with Crippen LogP contribution in [0.2, 0.25) is 0 Å². The van der Waals surface area contributed by atoms with Gasteiger partial charge in [-0.2, -0.15) is 0 Å². The minimum atomic E-state index is 0.135. The molecule has 1 amide bonds. The lowest BCUT2D eigenvalue weighted by atomic mass is 10.0. The first-order valence-electron chi connectivity index (χ1n) is 8.46. The van der Waals surface area contributed by atoms with Gasteiger partial charge in [-0.1, -0.05) is 0 Å². The SMILES string of the molecule is COc1ccc(-c2nc3c([nH]2)CN(C(=O)[C@H]2CCNC2)CC3)cc1. The van der Waals surface area contributed by atoms with Crippen LogP contribution in [0.5, 0.6) is 5.75 Å². The molecule has 0 bridgehead atoms. The van der Waals surface area contributed by atoms with Crippen LogP contribution in [0.3, 0.4) is 0 Å². The van der Waals surface area contributed by atoms with Crippen LogP contribution < -0.4 is 10.1 Å². The molecule has 0 radical (unpaired) electrons. The highest BCUT2D eigenvalue weighted by Gasteiger charge is 2.30. The van der Waals surface area contributed by atoms with Gasteiger partial charge in [0, 0.05) is 25.1 Å². The molecule has 1 atom stereocenters. The predicted molar refractivity (Wildman–Crippen MR) is 90.7 cm³/mol. The van der Waals surface area contributed by atoms with Crippen molar-refractivity contribution in [1.29, 1.82) is 0 Å². The van der Waals surface area contributed by atoms with Crippen molar-refractivity contribution in [3.8, 4) is 17.1 Å². The van der Waals surface area contributed by atoms with Crippen molar-refractivity contribution < 1.29 is 9.53 Å². The van der Waals surface area contributed by atoms with E-state index in [2.05, 4.69) is 10.3 Å². The molecule has 1 fully saturated rings. The Bertz CT molecular complexity index is 732. The van der Waals surface area contributed by atoms with Crippen LogP contribution in [0.1, 0.15) is 17.8 Å². The van der Waals surface area contributed by atoms with Crippen LogP contribution >= 0.6 is 0 Å². The van der Waals surface area contributed by atoms with Crippen LogP contribution in [-0.2, 0) is 17.8 Å². The van der Waals surface area contributed by atoms with Gasteiger partial charge in [0.05, 0.1) is 31.0 Å². The fourth-order valence-corrected chi connectivity index (χ4v) is 3.49. The predicted octanol–water partition coefficient (Wildman–Crippen LogP) is 1.58. The van der Waals surface area contributed by atoms with Crippen molar-refractivity contribution in [3.05, 3.63) is 35.7 Å². The Hall–Kier alpha value is -2.34. The van der Waals surface area contributed by atoms with Crippen LogP contribution in [0, 0.1) is 5.92 Å². The molecule has 2 aliphatic heterocycles. The largest absolute Gasteiger partial charge is 0.497 e. The third kappa shape index (κ3) is 2.78. The van der Waals surface area contributed by atoms with Gasteiger partial charge in [0.1, 0.15) is 11.6 Å². The molecule has 1 saturated heterocycles. The number of nitrogens with zero attached hydrogens (tertiary/aromatic N) is 2. The molecule has 2 aromatic rings. The number of imidazole rings is 1. The molecule has 1 aromatic heterocycles. The fraction of sp³-hybridized carbons (Fsp3) is 0.444. The van der Waals surface area contributed by atoms with Gasteiger partial charge >= 0.3 is 0 Å². The maximum atomic E-state index is 12.6. The molecule has 6 nitrogen and oxygen atoms in total. The van der Waals surface area contributed by atoms with Gasteiger partial charge in [0.2, 0.25) is 5.91 Å². The van der Waals surface area contributed by atoms with Gasteiger partial charge in [-0.05, 0) is 37.2 Å². The van der Waals surface area contributed by atoms with Gasteiger partial charge in [0.25, 0.3) is 0 Å². The minimum absolute atomic E-state index is 0.135. The van der Waals surface area contributed by atoms with E-state index >= 15 is 0 Å². The average molecular weight is 326 g/mol. The van der Waals surface area contributed by atoms with Crippen molar-refractivity contribution in [3.63, 3.8) is 0 Å². The number of carbonyl (C=O) groups excluding carboxylic acids is 1. The Morgan fingerprint density at radius 1 is 1.33 bits per heavy atom. The lowest BCUT2D eigenvalue weighted by Gasteiger charge is -2.28. The molecule has 1 aromatic carbocycles. The average Bonchev–Trinajstić information content (AvgIpc) is 3.30. The second kappa shape index (κ2) is 6.28. The van der Waals surface area contributed by atoms with E-state index in [9.17, 15) is 4.79 Å². The summed E-state index contributed by atoms with van der Waals surface area (Å²) in [5, 5.41) is 3.27. The number of methoxy groups -OCH3 is 1. The van der Waals surface area contributed by atoms with Crippen molar-refractivity contribution >= 4 is 5.91 Å². The number of carbonyl (C=O) groups is 1. The van der Waals surface area contributed by atoms with E-state index in [-0.39, 0.29) is 11.8 Å². The number of H-pyrrole nitrogens is 1. The minimum Gasteiger partial charge on any atom is -0.497 e. The molecular formula is C18H22N4O2. The van der Waals surface area contributed by atoms with Crippen molar-refractivity contribution in [2.24, 2.45) is 5.92 Å². The Morgan fingerprint density at radius 3 is 2.88 bits per heavy atom. The Morgan fingerprint density at radius 2 is 2.17 bits per heavy atom. The highest BCUT2D eigenvalue weighted by molar-refractivity contribution is 5.79. The van der Waals surface area contributed by atoms with Gasteiger partial charge in [0.15, 0.2) is 0 Å². The Labute approximate surface area is 141 Å². The van der Waals surface area contributed by atoms with Crippen LogP contribution in [-0.4, -0.2) is 47.5 Å². The van der Waals surface area contributed by atoms with E-state index in [1.54, 1.807) is 7.11 Å². The van der Waals surface area contributed by atoms with Gasteiger partial charge in [-0.3, -0.25) is 4.79 Å². The monoisotopic (exact) mass is 326 g/mol. The zero-order valence-electron chi connectivity index (χ0n) is 13.8. The molecule has 126 valence electrons. The summed E-state index contributed by atoms with van der Waals surface area (Å²) in [6, 6.07) is 7.85. The van der Waals surface area contributed by atoms with Crippen LogP contribution in [0.25, 0.3) is 11.4 Å². The third-order valence-electron chi connectivity index (χ3n) is 4.92. The fourth-order valence-electron chi connectivity index (χ4n) is 3.49. The van der Waals surface area contributed by atoms with Crippen molar-refractivity contribution in [1.82, 2.24) is 20.2 Å². The number of ether oxygens (including phenoxy) is 1. The van der Waals surface area contributed by atoms with E-state index in [1.807, 2.05) is 29.2 Å². The zero-order valence-corrected chi connectivity index (χ0v) is 13.8. The summed E-state index contributed by atoms with van der Waals surface area (Å²) >= 11 is 0. The highest BCUT2D eigenvalue weighted by Crippen LogP contribution is 2.25.